The monoisotopic (exact) mass is 318 g/mol. The Morgan fingerprint density at radius 1 is 1.32 bits per heavy atom. The highest BCUT2D eigenvalue weighted by Gasteiger charge is 2.13. The zero-order chi connectivity index (χ0) is 15.9. The van der Waals surface area contributed by atoms with Gasteiger partial charge in [-0.25, -0.2) is 4.98 Å². The quantitative estimate of drug-likeness (QED) is 0.793. The number of rotatable bonds is 7. The second-order valence-electron chi connectivity index (χ2n) is 5.18. The van der Waals surface area contributed by atoms with E-state index in [0.717, 1.165) is 17.1 Å². The largest absolute Gasteiger partial charge is 0.374 e. The number of aromatic nitrogens is 1. The molecule has 118 valence electrons. The molecule has 0 aliphatic carbocycles. The number of carbonyl (C=O) groups excluding carboxylic acids is 1. The molecule has 1 N–H and O–H groups in total. The molecule has 1 atom stereocenters. The first-order valence-corrected chi connectivity index (χ1v) is 8.28. The van der Waals surface area contributed by atoms with Crippen molar-refractivity contribution >= 4 is 17.2 Å². The summed E-state index contributed by atoms with van der Waals surface area (Å²) in [5.41, 5.74) is 1.97. The second kappa shape index (κ2) is 8.06. The van der Waals surface area contributed by atoms with Crippen molar-refractivity contribution in [2.75, 3.05) is 13.2 Å². The molecule has 0 fully saturated rings. The third kappa shape index (κ3) is 4.64. The summed E-state index contributed by atoms with van der Waals surface area (Å²) in [6, 6.07) is 10.1. The molecule has 2 aromatic rings. The number of thiazole rings is 1. The number of hydrogen-bond acceptors (Lipinski definition) is 4. The van der Waals surface area contributed by atoms with Gasteiger partial charge in [0.2, 0.25) is 0 Å². The highest BCUT2D eigenvalue weighted by atomic mass is 32.1. The van der Waals surface area contributed by atoms with Gasteiger partial charge in [0, 0.05) is 13.2 Å². The molecule has 0 unspecified atom stereocenters. The first kappa shape index (κ1) is 16.6. The molecule has 0 saturated heterocycles. The van der Waals surface area contributed by atoms with Gasteiger partial charge >= 0.3 is 0 Å². The molecule has 1 heterocycles. The molecule has 22 heavy (non-hydrogen) atoms. The van der Waals surface area contributed by atoms with Crippen LogP contribution in [0.3, 0.4) is 0 Å². The molecule has 2 rings (SSSR count). The van der Waals surface area contributed by atoms with E-state index in [1.54, 1.807) is 0 Å². The van der Waals surface area contributed by atoms with E-state index in [9.17, 15) is 4.79 Å². The Hall–Kier alpha value is -1.72. The van der Waals surface area contributed by atoms with Gasteiger partial charge in [-0.05, 0) is 32.8 Å². The van der Waals surface area contributed by atoms with Crippen LogP contribution in [0.5, 0.6) is 0 Å². The Labute approximate surface area is 135 Å². The average molecular weight is 318 g/mol. The molecule has 4 nitrogen and oxygen atoms in total. The molecule has 0 spiro atoms. The Bertz CT molecular complexity index is 610. The fourth-order valence-corrected chi connectivity index (χ4v) is 3.01. The van der Waals surface area contributed by atoms with E-state index in [2.05, 4.69) is 22.4 Å². The number of hydrogen-bond donors (Lipinski definition) is 1. The Balaban J connectivity index is 1.67. The molecule has 0 radical (unpaired) electrons. The molecular formula is C17H22N2O2S. The number of nitrogens with zero attached hydrogens (tertiary/aromatic N) is 1. The van der Waals surface area contributed by atoms with Crippen LogP contribution in [0.15, 0.2) is 30.3 Å². The molecule has 0 aliphatic heterocycles. The van der Waals surface area contributed by atoms with Crippen LogP contribution in [0.2, 0.25) is 0 Å². The van der Waals surface area contributed by atoms with Crippen LogP contribution in [0.1, 0.15) is 45.4 Å². The summed E-state index contributed by atoms with van der Waals surface area (Å²) in [4.78, 5) is 17.0. The number of nitrogens with one attached hydrogen (secondary N) is 1. The third-order valence-electron chi connectivity index (χ3n) is 3.35. The van der Waals surface area contributed by atoms with E-state index in [0.29, 0.717) is 18.0 Å². The van der Waals surface area contributed by atoms with E-state index < -0.39 is 0 Å². The van der Waals surface area contributed by atoms with Crippen molar-refractivity contribution in [2.45, 2.75) is 33.3 Å². The van der Waals surface area contributed by atoms with Crippen LogP contribution in [-0.4, -0.2) is 24.0 Å². The third-order valence-corrected chi connectivity index (χ3v) is 4.42. The number of amides is 1. The highest BCUT2D eigenvalue weighted by molar-refractivity contribution is 7.13. The first-order chi connectivity index (χ1) is 10.6. The summed E-state index contributed by atoms with van der Waals surface area (Å²) in [6.07, 6.45) is 0.864. The summed E-state index contributed by atoms with van der Waals surface area (Å²) in [5.74, 6) is -0.0424. The fraction of sp³-hybridized carbons (Fsp3) is 0.412. The lowest BCUT2D eigenvalue weighted by atomic mass is 10.1. The van der Waals surface area contributed by atoms with Gasteiger partial charge < -0.3 is 10.1 Å². The van der Waals surface area contributed by atoms with Gasteiger partial charge in [0.05, 0.1) is 16.8 Å². The van der Waals surface area contributed by atoms with E-state index in [1.165, 1.54) is 16.9 Å². The van der Waals surface area contributed by atoms with Crippen LogP contribution in [0, 0.1) is 13.8 Å². The highest BCUT2D eigenvalue weighted by Crippen LogP contribution is 2.17. The summed E-state index contributed by atoms with van der Waals surface area (Å²) in [5, 5.41) is 3.84. The molecule has 1 amide bonds. The minimum absolute atomic E-state index is 0.0424. The number of benzene rings is 1. The summed E-state index contributed by atoms with van der Waals surface area (Å²) in [6.45, 7) is 7.04. The number of carbonyl (C=O) groups is 1. The lowest BCUT2D eigenvalue weighted by Crippen LogP contribution is -2.25. The molecule has 1 aromatic carbocycles. The van der Waals surface area contributed by atoms with Gasteiger partial charge in [0.15, 0.2) is 0 Å². The minimum atomic E-state index is -0.0424. The minimum Gasteiger partial charge on any atom is -0.374 e. The SMILES string of the molecule is Cc1nc(C)c(C(=O)NCCCO[C@H](C)c2ccccc2)s1. The molecule has 0 aliphatic rings. The maximum absolute atomic E-state index is 12.0. The van der Waals surface area contributed by atoms with Crippen molar-refractivity contribution in [1.29, 1.82) is 0 Å². The normalized spacial score (nSPS) is 12.1. The Morgan fingerprint density at radius 2 is 2.05 bits per heavy atom. The molecular weight excluding hydrogens is 296 g/mol. The summed E-state index contributed by atoms with van der Waals surface area (Å²) >= 11 is 1.43. The van der Waals surface area contributed by atoms with Crippen molar-refractivity contribution in [3.05, 3.63) is 51.5 Å². The molecule has 5 heteroatoms. The summed E-state index contributed by atoms with van der Waals surface area (Å²) < 4.78 is 5.78. The maximum Gasteiger partial charge on any atom is 0.263 e. The fourth-order valence-electron chi connectivity index (χ4n) is 2.18. The number of aryl methyl sites for hydroxylation is 2. The lowest BCUT2D eigenvalue weighted by Gasteiger charge is -2.13. The lowest BCUT2D eigenvalue weighted by molar-refractivity contribution is 0.0635. The van der Waals surface area contributed by atoms with E-state index in [-0.39, 0.29) is 12.0 Å². The van der Waals surface area contributed by atoms with Gasteiger partial charge in [0.25, 0.3) is 5.91 Å². The maximum atomic E-state index is 12.0. The van der Waals surface area contributed by atoms with Crippen LogP contribution in [0.4, 0.5) is 0 Å². The first-order valence-electron chi connectivity index (χ1n) is 7.46. The zero-order valence-electron chi connectivity index (χ0n) is 13.3. The predicted molar refractivity (Wildman–Crippen MR) is 89.3 cm³/mol. The Morgan fingerprint density at radius 3 is 2.68 bits per heavy atom. The van der Waals surface area contributed by atoms with Crippen LogP contribution < -0.4 is 5.32 Å². The molecule has 1 aromatic heterocycles. The van der Waals surface area contributed by atoms with Crippen molar-refractivity contribution < 1.29 is 9.53 Å². The van der Waals surface area contributed by atoms with Gasteiger partial charge in [-0.2, -0.15) is 0 Å². The summed E-state index contributed by atoms with van der Waals surface area (Å²) in [7, 11) is 0. The van der Waals surface area contributed by atoms with Crippen molar-refractivity contribution in [2.24, 2.45) is 0 Å². The van der Waals surface area contributed by atoms with Gasteiger partial charge in [0.1, 0.15) is 4.88 Å². The average Bonchev–Trinajstić information content (AvgIpc) is 2.86. The van der Waals surface area contributed by atoms with Gasteiger partial charge in [-0.15, -0.1) is 11.3 Å². The van der Waals surface area contributed by atoms with E-state index in [1.807, 2.05) is 39.0 Å². The Kier molecular flexibility index (Phi) is 6.10. The van der Waals surface area contributed by atoms with E-state index >= 15 is 0 Å². The number of ether oxygens (including phenoxy) is 1. The molecule has 0 saturated carbocycles. The van der Waals surface area contributed by atoms with Crippen molar-refractivity contribution in [1.82, 2.24) is 10.3 Å². The van der Waals surface area contributed by atoms with E-state index in [4.69, 9.17) is 4.74 Å². The van der Waals surface area contributed by atoms with Gasteiger partial charge in [-0.3, -0.25) is 4.79 Å². The van der Waals surface area contributed by atoms with Crippen LogP contribution in [-0.2, 0) is 4.74 Å². The second-order valence-corrected chi connectivity index (χ2v) is 6.38. The van der Waals surface area contributed by atoms with Crippen LogP contribution >= 0.6 is 11.3 Å². The topological polar surface area (TPSA) is 51.2 Å². The predicted octanol–water partition coefficient (Wildman–Crippen LogP) is 3.66. The van der Waals surface area contributed by atoms with Crippen molar-refractivity contribution in [3.8, 4) is 0 Å². The van der Waals surface area contributed by atoms with Crippen LogP contribution in [0.25, 0.3) is 0 Å². The smallest absolute Gasteiger partial charge is 0.263 e. The zero-order valence-corrected chi connectivity index (χ0v) is 14.1. The standard InChI is InChI=1S/C17H22N2O2S/c1-12-16(22-14(3)19-12)17(20)18-10-7-11-21-13(2)15-8-5-4-6-9-15/h4-6,8-9,13H,7,10-11H2,1-3H3,(H,18,20)/t13-/m1/s1. The molecule has 0 bridgehead atoms. The van der Waals surface area contributed by atoms with Crippen molar-refractivity contribution in [3.63, 3.8) is 0 Å². The van der Waals surface area contributed by atoms with Gasteiger partial charge in [-0.1, -0.05) is 30.3 Å².